The fourth-order valence-corrected chi connectivity index (χ4v) is 2.83. The first kappa shape index (κ1) is 16.2. The first-order valence-corrected chi connectivity index (χ1v) is 8.38. The molecule has 0 aliphatic rings. The van der Waals surface area contributed by atoms with E-state index < -0.39 is 0 Å². The quantitative estimate of drug-likeness (QED) is 0.644. The maximum atomic E-state index is 5.71. The van der Waals surface area contributed by atoms with Crippen molar-refractivity contribution in [2.45, 2.75) is 13.5 Å². The van der Waals surface area contributed by atoms with Gasteiger partial charge in [-0.1, -0.05) is 66.7 Å². The van der Waals surface area contributed by atoms with E-state index in [0.717, 1.165) is 17.9 Å². The number of hydrogen-bond donors (Lipinski definition) is 1. The van der Waals surface area contributed by atoms with Gasteiger partial charge in [-0.05, 0) is 48.5 Å². The van der Waals surface area contributed by atoms with Crippen molar-refractivity contribution in [3.63, 3.8) is 0 Å². The highest BCUT2D eigenvalue weighted by atomic mass is 32.1. The molecule has 0 aromatic heterocycles. The standard InChI is InChI=1S/C21H20N2S/c1-17-10-8-9-15-20(17)22-21(24)23(19-13-6-3-7-14-19)16-18-11-4-2-5-12-18/h2-15H,16H2,1H3,(H,22,24). The molecule has 3 rings (SSSR count). The lowest BCUT2D eigenvalue weighted by Gasteiger charge is -2.26. The number of para-hydroxylation sites is 2. The molecule has 2 nitrogen and oxygen atoms in total. The van der Waals surface area contributed by atoms with Gasteiger partial charge in [0, 0.05) is 11.4 Å². The van der Waals surface area contributed by atoms with Gasteiger partial charge in [0.15, 0.2) is 5.11 Å². The average molecular weight is 332 g/mol. The fourth-order valence-electron chi connectivity index (χ4n) is 2.55. The second-order valence-electron chi connectivity index (χ2n) is 5.65. The molecule has 0 saturated heterocycles. The predicted octanol–water partition coefficient (Wildman–Crippen LogP) is 5.40. The van der Waals surface area contributed by atoms with E-state index in [1.807, 2.05) is 42.5 Å². The Balaban J connectivity index is 1.87. The smallest absolute Gasteiger partial charge is 0.178 e. The van der Waals surface area contributed by atoms with E-state index in [9.17, 15) is 0 Å². The topological polar surface area (TPSA) is 15.3 Å². The molecular weight excluding hydrogens is 312 g/mol. The summed E-state index contributed by atoms with van der Waals surface area (Å²) in [5.74, 6) is 0. The lowest BCUT2D eigenvalue weighted by Crippen LogP contribution is -2.34. The molecule has 0 radical (unpaired) electrons. The third-order valence-electron chi connectivity index (χ3n) is 3.88. The summed E-state index contributed by atoms with van der Waals surface area (Å²) in [4.78, 5) is 2.12. The van der Waals surface area contributed by atoms with Crippen LogP contribution in [0.25, 0.3) is 0 Å². The van der Waals surface area contributed by atoms with Crippen LogP contribution in [-0.4, -0.2) is 5.11 Å². The predicted molar refractivity (Wildman–Crippen MR) is 106 cm³/mol. The van der Waals surface area contributed by atoms with Crippen molar-refractivity contribution in [2.75, 3.05) is 10.2 Å². The molecule has 3 aromatic rings. The number of aryl methyl sites for hydroxylation is 1. The highest BCUT2D eigenvalue weighted by molar-refractivity contribution is 7.80. The van der Waals surface area contributed by atoms with Gasteiger partial charge in [0.1, 0.15) is 0 Å². The number of rotatable bonds is 4. The fraction of sp³-hybridized carbons (Fsp3) is 0.0952. The van der Waals surface area contributed by atoms with Gasteiger partial charge in [0.05, 0.1) is 6.54 Å². The summed E-state index contributed by atoms with van der Waals surface area (Å²) in [6.07, 6.45) is 0. The van der Waals surface area contributed by atoms with E-state index in [4.69, 9.17) is 12.2 Å². The van der Waals surface area contributed by atoms with Crippen molar-refractivity contribution in [1.82, 2.24) is 0 Å². The Morgan fingerprint density at radius 3 is 2.08 bits per heavy atom. The lowest BCUT2D eigenvalue weighted by atomic mass is 10.2. The summed E-state index contributed by atoms with van der Waals surface area (Å²) in [5.41, 5.74) is 4.51. The average Bonchev–Trinajstić information content (AvgIpc) is 2.63. The van der Waals surface area contributed by atoms with Crippen LogP contribution in [0.4, 0.5) is 11.4 Å². The molecule has 0 spiro atoms. The van der Waals surface area contributed by atoms with Gasteiger partial charge in [-0.25, -0.2) is 0 Å². The van der Waals surface area contributed by atoms with E-state index in [-0.39, 0.29) is 0 Å². The van der Waals surface area contributed by atoms with Crippen LogP contribution in [0, 0.1) is 6.92 Å². The Morgan fingerprint density at radius 2 is 1.42 bits per heavy atom. The van der Waals surface area contributed by atoms with Crippen LogP contribution in [0.15, 0.2) is 84.9 Å². The zero-order valence-electron chi connectivity index (χ0n) is 13.6. The highest BCUT2D eigenvalue weighted by Gasteiger charge is 2.13. The van der Waals surface area contributed by atoms with Crippen molar-refractivity contribution in [3.8, 4) is 0 Å². The van der Waals surface area contributed by atoms with Crippen LogP contribution in [0.1, 0.15) is 11.1 Å². The van der Waals surface area contributed by atoms with Crippen molar-refractivity contribution in [3.05, 3.63) is 96.1 Å². The van der Waals surface area contributed by atoms with Crippen LogP contribution in [0.5, 0.6) is 0 Å². The number of nitrogens with one attached hydrogen (secondary N) is 1. The summed E-state index contributed by atoms with van der Waals surface area (Å²) < 4.78 is 0. The van der Waals surface area contributed by atoms with Crippen molar-refractivity contribution in [1.29, 1.82) is 0 Å². The third kappa shape index (κ3) is 4.00. The minimum Gasteiger partial charge on any atom is -0.332 e. The maximum absolute atomic E-state index is 5.71. The van der Waals surface area contributed by atoms with Crippen LogP contribution in [-0.2, 0) is 6.54 Å². The van der Waals surface area contributed by atoms with E-state index >= 15 is 0 Å². The van der Waals surface area contributed by atoms with Gasteiger partial charge >= 0.3 is 0 Å². The number of hydrogen-bond acceptors (Lipinski definition) is 1. The summed E-state index contributed by atoms with van der Waals surface area (Å²) >= 11 is 5.71. The summed E-state index contributed by atoms with van der Waals surface area (Å²) in [6, 6.07) is 28.8. The Labute approximate surface area is 148 Å². The molecule has 0 bridgehead atoms. The molecule has 120 valence electrons. The molecule has 0 aliphatic heterocycles. The van der Waals surface area contributed by atoms with Crippen molar-refractivity contribution >= 4 is 28.7 Å². The summed E-state index contributed by atoms with van der Waals surface area (Å²) in [7, 11) is 0. The lowest BCUT2D eigenvalue weighted by molar-refractivity contribution is 1.01. The molecule has 0 aliphatic carbocycles. The van der Waals surface area contributed by atoms with E-state index in [2.05, 4.69) is 59.6 Å². The van der Waals surface area contributed by atoms with Gasteiger partial charge in [-0.3, -0.25) is 0 Å². The van der Waals surface area contributed by atoms with Crippen LogP contribution >= 0.6 is 12.2 Å². The monoisotopic (exact) mass is 332 g/mol. The molecule has 0 unspecified atom stereocenters. The molecule has 0 amide bonds. The number of anilines is 2. The normalized spacial score (nSPS) is 10.2. The zero-order chi connectivity index (χ0) is 16.8. The van der Waals surface area contributed by atoms with Gasteiger partial charge in [-0.2, -0.15) is 0 Å². The largest absolute Gasteiger partial charge is 0.332 e. The first-order chi connectivity index (χ1) is 11.7. The van der Waals surface area contributed by atoms with Crippen molar-refractivity contribution in [2.24, 2.45) is 0 Å². The minimum absolute atomic E-state index is 0.694. The summed E-state index contributed by atoms with van der Waals surface area (Å²) in [6.45, 7) is 2.80. The minimum atomic E-state index is 0.694. The summed E-state index contributed by atoms with van der Waals surface area (Å²) in [5, 5.41) is 4.08. The highest BCUT2D eigenvalue weighted by Crippen LogP contribution is 2.20. The van der Waals surface area contributed by atoms with Crippen LogP contribution < -0.4 is 10.2 Å². The zero-order valence-corrected chi connectivity index (χ0v) is 14.5. The van der Waals surface area contributed by atoms with E-state index in [0.29, 0.717) is 5.11 Å². The number of nitrogens with zero attached hydrogens (tertiary/aromatic N) is 1. The molecular formula is C21H20N2S. The first-order valence-electron chi connectivity index (χ1n) is 7.97. The van der Waals surface area contributed by atoms with Gasteiger partial charge < -0.3 is 10.2 Å². The van der Waals surface area contributed by atoms with Crippen LogP contribution in [0.2, 0.25) is 0 Å². The number of thiocarbonyl (C=S) groups is 1. The van der Waals surface area contributed by atoms with Gasteiger partial charge in [0.2, 0.25) is 0 Å². The number of benzene rings is 3. The van der Waals surface area contributed by atoms with E-state index in [1.165, 1.54) is 11.1 Å². The SMILES string of the molecule is Cc1ccccc1NC(=S)N(Cc1ccccc1)c1ccccc1. The Bertz CT molecular complexity index is 800. The molecule has 0 atom stereocenters. The molecule has 1 N–H and O–H groups in total. The third-order valence-corrected chi connectivity index (χ3v) is 4.21. The van der Waals surface area contributed by atoms with Crippen molar-refractivity contribution < 1.29 is 0 Å². The molecule has 3 aromatic carbocycles. The van der Waals surface area contributed by atoms with Gasteiger partial charge in [0.25, 0.3) is 0 Å². The van der Waals surface area contributed by atoms with Gasteiger partial charge in [-0.15, -0.1) is 0 Å². The molecule has 0 heterocycles. The molecule has 0 fully saturated rings. The Morgan fingerprint density at radius 1 is 0.833 bits per heavy atom. The Hall–Kier alpha value is -2.65. The molecule has 24 heavy (non-hydrogen) atoms. The maximum Gasteiger partial charge on any atom is 0.178 e. The Kier molecular flexibility index (Phi) is 5.24. The van der Waals surface area contributed by atoms with E-state index in [1.54, 1.807) is 0 Å². The molecule has 0 saturated carbocycles. The van der Waals surface area contributed by atoms with Crippen LogP contribution in [0.3, 0.4) is 0 Å². The second-order valence-corrected chi connectivity index (χ2v) is 6.04. The molecule has 3 heteroatoms. The second kappa shape index (κ2) is 7.75.